The van der Waals surface area contributed by atoms with Crippen molar-refractivity contribution in [2.45, 2.75) is 34.6 Å². The zero-order chi connectivity index (χ0) is 17.1. The second-order valence-electron chi connectivity index (χ2n) is 7.33. The zero-order valence-electron chi connectivity index (χ0n) is 14.9. The number of hydrogen-bond acceptors (Lipinski definition) is 1. The van der Waals surface area contributed by atoms with Gasteiger partial charge in [-0.1, -0.05) is 49.8 Å². The lowest BCUT2D eigenvalue weighted by molar-refractivity contribution is 0.564. The van der Waals surface area contributed by atoms with Crippen LogP contribution in [-0.4, -0.2) is 0 Å². The first kappa shape index (κ1) is 15.1. The summed E-state index contributed by atoms with van der Waals surface area (Å²) in [6, 6.07) is 8.28. The van der Waals surface area contributed by atoms with Crippen LogP contribution in [-0.2, 0) is 0 Å². The van der Waals surface area contributed by atoms with Crippen LogP contribution in [0, 0.1) is 12.3 Å². The fraction of sp³-hybridized carbons (Fsp3) is 0.261. The highest BCUT2D eigenvalue weighted by molar-refractivity contribution is 5.96. The number of fused-ring (bicyclic) bond motifs is 2. The van der Waals surface area contributed by atoms with Gasteiger partial charge in [0.25, 0.3) is 0 Å². The number of benzene rings is 1. The first-order valence-electron chi connectivity index (χ1n) is 8.47. The van der Waals surface area contributed by atoms with Gasteiger partial charge < -0.3 is 4.42 Å². The van der Waals surface area contributed by atoms with Crippen LogP contribution in [0.5, 0.6) is 0 Å². The molecule has 0 spiro atoms. The molecule has 0 bridgehead atoms. The van der Waals surface area contributed by atoms with Crippen molar-refractivity contribution >= 4 is 16.5 Å². The van der Waals surface area contributed by atoms with Crippen molar-refractivity contribution < 1.29 is 4.42 Å². The molecule has 0 saturated carbocycles. The van der Waals surface area contributed by atoms with E-state index in [4.69, 9.17) is 4.42 Å². The molecule has 2 aliphatic rings. The lowest BCUT2D eigenvalue weighted by atomic mass is 9.82. The molecule has 0 radical (unpaired) electrons. The van der Waals surface area contributed by atoms with E-state index in [1.54, 1.807) is 0 Å². The van der Waals surface area contributed by atoms with E-state index in [1.807, 2.05) is 12.1 Å². The summed E-state index contributed by atoms with van der Waals surface area (Å²) in [5.41, 5.74) is 12.0. The molecule has 0 amide bonds. The van der Waals surface area contributed by atoms with Crippen LogP contribution < -0.4 is 0 Å². The standard InChI is InChI=1S/C23H22O/c1-14-10-12-18-19(13-11-14)23(4,5)16(3)21(18)22-15(2)17-8-6-7-9-20(17)24-22/h6-12H,1-5H3. The van der Waals surface area contributed by atoms with E-state index in [-0.39, 0.29) is 5.41 Å². The van der Waals surface area contributed by atoms with Crippen molar-refractivity contribution in [1.29, 1.82) is 0 Å². The largest absolute Gasteiger partial charge is 0.456 e. The number of furan rings is 1. The average Bonchev–Trinajstić information content (AvgIpc) is 2.86. The topological polar surface area (TPSA) is 13.1 Å². The SMILES string of the molecule is CC1=CC=C2C(=C=C1)C(C)(C)C(C)=C2c1oc2ccccc2c1C. The second-order valence-corrected chi connectivity index (χ2v) is 7.33. The van der Waals surface area contributed by atoms with E-state index >= 15 is 0 Å². The van der Waals surface area contributed by atoms with Crippen LogP contribution >= 0.6 is 0 Å². The molecule has 0 atom stereocenters. The molecule has 1 aromatic carbocycles. The van der Waals surface area contributed by atoms with Crippen LogP contribution in [0.4, 0.5) is 0 Å². The first-order valence-corrected chi connectivity index (χ1v) is 8.47. The molecular formula is C23H22O. The summed E-state index contributed by atoms with van der Waals surface area (Å²) in [6.45, 7) is 11.0. The van der Waals surface area contributed by atoms with Crippen molar-refractivity contribution in [2.24, 2.45) is 5.41 Å². The van der Waals surface area contributed by atoms with Gasteiger partial charge in [-0.2, -0.15) is 0 Å². The summed E-state index contributed by atoms with van der Waals surface area (Å²) < 4.78 is 6.29. The number of para-hydroxylation sites is 1. The Kier molecular flexibility index (Phi) is 3.13. The predicted molar refractivity (Wildman–Crippen MR) is 101 cm³/mol. The molecular weight excluding hydrogens is 292 g/mol. The van der Waals surface area contributed by atoms with E-state index in [0.717, 1.165) is 11.3 Å². The van der Waals surface area contributed by atoms with Crippen molar-refractivity contribution in [3.63, 3.8) is 0 Å². The quantitative estimate of drug-likeness (QED) is 0.546. The van der Waals surface area contributed by atoms with Crippen molar-refractivity contribution in [3.05, 3.63) is 81.8 Å². The van der Waals surface area contributed by atoms with Crippen LogP contribution in [0.1, 0.15) is 39.0 Å². The summed E-state index contributed by atoms with van der Waals surface area (Å²) in [4.78, 5) is 0. The first-order chi connectivity index (χ1) is 11.4. The minimum Gasteiger partial charge on any atom is -0.456 e. The summed E-state index contributed by atoms with van der Waals surface area (Å²) >= 11 is 0. The van der Waals surface area contributed by atoms with E-state index < -0.39 is 0 Å². The molecule has 0 saturated heterocycles. The van der Waals surface area contributed by atoms with Gasteiger partial charge in [0.1, 0.15) is 11.3 Å². The highest BCUT2D eigenvalue weighted by atomic mass is 16.3. The Labute approximate surface area is 143 Å². The average molecular weight is 314 g/mol. The Morgan fingerprint density at radius 3 is 2.50 bits per heavy atom. The molecule has 24 heavy (non-hydrogen) atoms. The van der Waals surface area contributed by atoms with Crippen molar-refractivity contribution in [3.8, 4) is 0 Å². The van der Waals surface area contributed by atoms with E-state index in [9.17, 15) is 0 Å². The Bertz CT molecular complexity index is 1030. The van der Waals surface area contributed by atoms with Gasteiger partial charge in [-0.05, 0) is 44.1 Å². The summed E-state index contributed by atoms with van der Waals surface area (Å²) in [6.07, 6.45) is 6.48. The molecule has 4 rings (SSSR count). The third kappa shape index (κ3) is 1.95. The molecule has 1 aromatic heterocycles. The fourth-order valence-corrected chi connectivity index (χ4v) is 3.74. The Hall–Kier alpha value is -2.50. The fourth-order valence-electron chi connectivity index (χ4n) is 3.74. The molecule has 0 aliphatic heterocycles. The van der Waals surface area contributed by atoms with Gasteiger partial charge in [-0.25, -0.2) is 0 Å². The second kappa shape index (κ2) is 5.00. The lowest BCUT2D eigenvalue weighted by Crippen LogP contribution is -2.10. The highest BCUT2D eigenvalue weighted by Crippen LogP contribution is 2.54. The predicted octanol–water partition coefficient (Wildman–Crippen LogP) is 6.52. The monoisotopic (exact) mass is 314 g/mol. The van der Waals surface area contributed by atoms with Gasteiger partial charge in [0.15, 0.2) is 0 Å². The zero-order valence-corrected chi connectivity index (χ0v) is 14.9. The summed E-state index contributed by atoms with van der Waals surface area (Å²) in [7, 11) is 0. The normalized spacial score (nSPS) is 19.1. The molecule has 2 aliphatic carbocycles. The van der Waals surface area contributed by atoms with Crippen molar-refractivity contribution in [1.82, 2.24) is 0 Å². The van der Waals surface area contributed by atoms with Gasteiger partial charge in [-0.15, -0.1) is 5.73 Å². The van der Waals surface area contributed by atoms with Crippen molar-refractivity contribution in [2.75, 3.05) is 0 Å². The van der Waals surface area contributed by atoms with Crippen LogP contribution in [0.15, 0.2) is 74.9 Å². The summed E-state index contributed by atoms with van der Waals surface area (Å²) in [5, 5.41) is 1.19. The third-order valence-corrected chi connectivity index (χ3v) is 5.50. The number of aryl methyl sites for hydroxylation is 1. The maximum absolute atomic E-state index is 6.29. The van der Waals surface area contributed by atoms with Crippen LogP contribution in [0.3, 0.4) is 0 Å². The van der Waals surface area contributed by atoms with Gasteiger partial charge in [0, 0.05) is 27.5 Å². The van der Waals surface area contributed by atoms with Crippen LogP contribution in [0.2, 0.25) is 0 Å². The smallest absolute Gasteiger partial charge is 0.138 e. The van der Waals surface area contributed by atoms with E-state index in [1.165, 1.54) is 38.8 Å². The number of rotatable bonds is 1. The summed E-state index contributed by atoms with van der Waals surface area (Å²) in [5.74, 6) is 0.998. The van der Waals surface area contributed by atoms with Gasteiger partial charge in [-0.3, -0.25) is 0 Å². The van der Waals surface area contributed by atoms with Gasteiger partial charge in [0.2, 0.25) is 0 Å². The molecule has 1 heteroatoms. The Morgan fingerprint density at radius 2 is 1.75 bits per heavy atom. The van der Waals surface area contributed by atoms with E-state index in [0.29, 0.717) is 0 Å². The van der Waals surface area contributed by atoms with E-state index in [2.05, 4.69) is 70.7 Å². The Balaban J connectivity index is 2.05. The molecule has 2 aromatic rings. The van der Waals surface area contributed by atoms with Gasteiger partial charge in [0.05, 0.1) is 0 Å². The Morgan fingerprint density at radius 1 is 1.00 bits per heavy atom. The molecule has 1 nitrogen and oxygen atoms in total. The molecule has 0 fully saturated rings. The molecule has 120 valence electrons. The number of hydrogen-bond donors (Lipinski definition) is 0. The highest BCUT2D eigenvalue weighted by Gasteiger charge is 2.40. The minimum absolute atomic E-state index is 0.0401. The van der Waals surface area contributed by atoms with Gasteiger partial charge >= 0.3 is 0 Å². The molecule has 0 N–H and O–H groups in total. The number of allylic oxidation sites excluding steroid dienone is 7. The van der Waals surface area contributed by atoms with Crippen LogP contribution in [0.25, 0.3) is 16.5 Å². The third-order valence-electron chi connectivity index (χ3n) is 5.50. The molecule has 0 unspecified atom stereocenters. The molecule has 1 heterocycles. The minimum atomic E-state index is -0.0401. The lowest BCUT2D eigenvalue weighted by Gasteiger charge is -2.21. The maximum Gasteiger partial charge on any atom is 0.138 e. The maximum atomic E-state index is 6.29.